The van der Waals surface area contributed by atoms with Crippen molar-refractivity contribution in [1.82, 2.24) is 14.8 Å². The van der Waals surface area contributed by atoms with Crippen LogP contribution in [0.5, 0.6) is 0 Å². The lowest BCUT2D eigenvalue weighted by molar-refractivity contribution is -0.0146. The van der Waals surface area contributed by atoms with Gasteiger partial charge in [0.25, 0.3) is 0 Å². The number of piperidine rings is 1. The zero-order valence-corrected chi connectivity index (χ0v) is 33.2. The molecule has 286 valence electrons. The number of aliphatic hydroxyl groups excluding tert-OH is 1. The van der Waals surface area contributed by atoms with Crippen LogP contribution in [0.3, 0.4) is 0 Å². The standard InChI is InChI=1S/C32H41NO2.C16H21N3/c1-31(2,3)26-18-16-25(17-19-26)30(34)15-10-22-33-23-20-29(21-24-33)32(35,27-11-6-4-7-12-27)28-13-8-5-9-14-28;1-18(2)12-13-19(16-10-6-7-11-17-16)14-15-8-4-3-5-9-15/h4-9,11-14,16-19,29-30,34-35H,10,15,20-24H2,1-3H3;3-11H,12-14H2,1-2H3. The minimum Gasteiger partial charge on any atom is -0.388 e. The number of anilines is 1. The Bertz CT molecular complexity index is 1710. The highest BCUT2D eigenvalue weighted by Gasteiger charge is 2.41. The van der Waals surface area contributed by atoms with Crippen LogP contribution in [0.25, 0.3) is 0 Å². The molecule has 0 bridgehead atoms. The fourth-order valence-electron chi connectivity index (χ4n) is 7.42. The van der Waals surface area contributed by atoms with E-state index < -0.39 is 11.7 Å². The summed E-state index contributed by atoms with van der Waals surface area (Å²) in [7, 11) is 4.19. The fraction of sp³-hybridized carbons (Fsp3) is 0.396. The predicted octanol–water partition coefficient (Wildman–Crippen LogP) is 9.10. The molecule has 1 aliphatic heterocycles. The Morgan fingerprint density at radius 2 is 1.26 bits per heavy atom. The van der Waals surface area contributed by atoms with E-state index >= 15 is 0 Å². The van der Waals surface area contributed by atoms with Crippen molar-refractivity contribution in [2.24, 2.45) is 5.92 Å². The maximum Gasteiger partial charge on any atom is 0.128 e. The van der Waals surface area contributed by atoms with Crippen LogP contribution in [0.1, 0.15) is 80.4 Å². The number of pyridine rings is 1. The highest BCUT2D eigenvalue weighted by molar-refractivity contribution is 5.39. The third-order valence-electron chi connectivity index (χ3n) is 10.7. The molecule has 4 aromatic carbocycles. The maximum absolute atomic E-state index is 12.1. The normalized spacial score (nSPS) is 14.7. The summed E-state index contributed by atoms with van der Waals surface area (Å²) in [5.74, 6) is 1.21. The predicted molar refractivity (Wildman–Crippen MR) is 225 cm³/mol. The highest BCUT2D eigenvalue weighted by atomic mass is 16.3. The molecule has 1 saturated heterocycles. The van der Waals surface area contributed by atoms with Gasteiger partial charge in [0.2, 0.25) is 0 Å². The van der Waals surface area contributed by atoms with E-state index in [1.807, 2.05) is 54.7 Å². The number of likely N-dealkylation sites (tertiary alicyclic amines) is 1. The van der Waals surface area contributed by atoms with Crippen molar-refractivity contribution in [3.63, 3.8) is 0 Å². The van der Waals surface area contributed by atoms with Crippen molar-refractivity contribution in [3.05, 3.63) is 167 Å². The molecule has 1 fully saturated rings. The van der Waals surface area contributed by atoms with E-state index in [-0.39, 0.29) is 11.3 Å². The number of aliphatic hydroxyl groups is 2. The van der Waals surface area contributed by atoms with Gasteiger partial charge in [0.1, 0.15) is 11.4 Å². The smallest absolute Gasteiger partial charge is 0.128 e. The average molecular weight is 727 g/mol. The monoisotopic (exact) mass is 726 g/mol. The van der Waals surface area contributed by atoms with E-state index in [1.54, 1.807) is 0 Å². The van der Waals surface area contributed by atoms with E-state index in [2.05, 4.69) is 139 Å². The van der Waals surface area contributed by atoms with E-state index in [4.69, 9.17) is 0 Å². The van der Waals surface area contributed by atoms with Gasteiger partial charge >= 0.3 is 0 Å². The zero-order valence-electron chi connectivity index (χ0n) is 33.2. The fourth-order valence-corrected chi connectivity index (χ4v) is 7.42. The Kier molecular flexibility index (Phi) is 15.0. The van der Waals surface area contributed by atoms with Gasteiger partial charge in [0.05, 0.1) is 6.10 Å². The van der Waals surface area contributed by atoms with Crippen LogP contribution in [0, 0.1) is 5.92 Å². The molecule has 0 aliphatic carbocycles. The second-order valence-corrected chi connectivity index (χ2v) is 16.0. The molecule has 1 aliphatic rings. The molecular weight excluding hydrogens is 665 g/mol. The van der Waals surface area contributed by atoms with Gasteiger partial charge in [0.15, 0.2) is 0 Å². The molecule has 5 aromatic rings. The minimum absolute atomic E-state index is 0.128. The third kappa shape index (κ3) is 11.6. The first-order valence-corrected chi connectivity index (χ1v) is 19.7. The number of benzene rings is 4. The summed E-state index contributed by atoms with van der Waals surface area (Å²) in [6.45, 7) is 12.4. The number of likely N-dealkylation sites (N-methyl/N-ethyl adjacent to an activating group) is 1. The van der Waals surface area contributed by atoms with Gasteiger partial charge in [0, 0.05) is 25.8 Å². The van der Waals surface area contributed by atoms with E-state index in [1.165, 1.54) is 11.1 Å². The second kappa shape index (κ2) is 19.8. The summed E-state index contributed by atoms with van der Waals surface area (Å²) in [5, 5.41) is 22.8. The molecule has 54 heavy (non-hydrogen) atoms. The van der Waals surface area contributed by atoms with Gasteiger partial charge in [-0.15, -0.1) is 0 Å². The zero-order chi connectivity index (χ0) is 38.4. The second-order valence-electron chi connectivity index (χ2n) is 16.0. The van der Waals surface area contributed by atoms with Crippen LogP contribution in [-0.2, 0) is 17.6 Å². The molecule has 0 saturated carbocycles. The summed E-state index contributed by atoms with van der Waals surface area (Å²) in [5.41, 5.74) is 4.73. The number of rotatable bonds is 14. The Balaban J connectivity index is 0.000000249. The van der Waals surface area contributed by atoms with Crippen LogP contribution >= 0.6 is 0 Å². The molecule has 2 N–H and O–H groups in total. The lowest BCUT2D eigenvalue weighted by atomic mass is 9.72. The molecule has 2 heterocycles. The Morgan fingerprint density at radius 1 is 0.704 bits per heavy atom. The molecule has 0 spiro atoms. The molecule has 6 heteroatoms. The van der Waals surface area contributed by atoms with Crippen LogP contribution in [0.4, 0.5) is 5.82 Å². The van der Waals surface area contributed by atoms with Crippen molar-refractivity contribution >= 4 is 5.82 Å². The maximum atomic E-state index is 12.1. The molecule has 1 unspecified atom stereocenters. The topological polar surface area (TPSA) is 63.1 Å². The summed E-state index contributed by atoms with van der Waals surface area (Å²) in [6.07, 6.45) is 5.08. The number of hydrogen-bond acceptors (Lipinski definition) is 6. The summed E-state index contributed by atoms with van der Waals surface area (Å²) in [6, 6.07) is 45.3. The van der Waals surface area contributed by atoms with Crippen molar-refractivity contribution in [2.45, 2.75) is 70.1 Å². The molecule has 1 aromatic heterocycles. The van der Waals surface area contributed by atoms with E-state index in [0.29, 0.717) is 0 Å². The summed E-state index contributed by atoms with van der Waals surface area (Å²) in [4.78, 5) is 11.5. The van der Waals surface area contributed by atoms with Gasteiger partial charge in [-0.2, -0.15) is 0 Å². The molecule has 1 atom stereocenters. The third-order valence-corrected chi connectivity index (χ3v) is 10.7. The summed E-state index contributed by atoms with van der Waals surface area (Å²) < 4.78 is 0. The number of hydrogen-bond donors (Lipinski definition) is 2. The highest BCUT2D eigenvalue weighted by Crippen LogP contribution is 2.42. The van der Waals surface area contributed by atoms with Gasteiger partial charge in [-0.25, -0.2) is 4.98 Å². The average Bonchev–Trinajstić information content (AvgIpc) is 3.20. The van der Waals surface area contributed by atoms with Crippen LogP contribution in [0.15, 0.2) is 140 Å². The van der Waals surface area contributed by atoms with Crippen LogP contribution in [0.2, 0.25) is 0 Å². The first-order chi connectivity index (χ1) is 26.0. The number of nitrogens with zero attached hydrogens (tertiary/aromatic N) is 4. The van der Waals surface area contributed by atoms with Gasteiger partial charge in [-0.3, -0.25) is 0 Å². The first kappa shape index (κ1) is 40.8. The minimum atomic E-state index is -0.968. The van der Waals surface area contributed by atoms with Gasteiger partial charge in [-0.1, -0.05) is 142 Å². The van der Waals surface area contributed by atoms with Crippen molar-refractivity contribution in [3.8, 4) is 0 Å². The first-order valence-electron chi connectivity index (χ1n) is 19.7. The van der Waals surface area contributed by atoms with E-state index in [9.17, 15) is 10.2 Å². The lowest BCUT2D eigenvalue weighted by Gasteiger charge is -2.42. The van der Waals surface area contributed by atoms with Gasteiger partial charge < -0.3 is 24.9 Å². The van der Waals surface area contributed by atoms with Crippen molar-refractivity contribution in [1.29, 1.82) is 0 Å². The van der Waals surface area contributed by atoms with Gasteiger partial charge in [-0.05, 0) is 111 Å². The lowest BCUT2D eigenvalue weighted by Crippen LogP contribution is -2.44. The SMILES string of the molecule is CC(C)(C)c1ccc(C(O)CCCN2CCC(C(O)(c3ccccc3)c3ccccc3)CC2)cc1.CN(C)CCN(Cc1ccccc1)c1ccccn1. The molecular formula is C48H62N4O2. The number of aromatic nitrogens is 1. The quantitative estimate of drug-likeness (QED) is 0.119. The van der Waals surface area contributed by atoms with E-state index in [0.717, 1.165) is 87.5 Å². The molecule has 0 radical (unpaired) electrons. The summed E-state index contributed by atoms with van der Waals surface area (Å²) >= 11 is 0. The molecule has 6 nitrogen and oxygen atoms in total. The Hall–Kier alpha value is -4.33. The Morgan fingerprint density at radius 3 is 1.78 bits per heavy atom. The van der Waals surface area contributed by atoms with Crippen LogP contribution < -0.4 is 4.90 Å². The van der Waals surface area contributed by atoms with Crippen molar-refractivity contribution < 1.29 is 10.2 Å². The van der Waals surface area contributed by atoms with Crippen LogP contribution in [-0.4, -0.2) is 71.8 Å². The molecule has 6 rings (SSSR count). The largest absolute Gasteiger partial charge is 0.388 e. The Labute approximate surface area is 325 Å². The molecule has 0 amide bonds. The van der Waals surface area contributed by atoms with Crippen molar-refractivity contribution in [2.75, 3.05) is 51.7 Å².